The summed E-state index contributed by atoms with van der Waals surface area (Å²) in [6.45, 7) is 1.88. The molecule has 0 bridgehead atoms. The fourth-order valence-corrected chi connectivity index (χ4v) is 4.30. The minimum Gasteiger partial charge on any atom is -0.324 e. The van der Waals surface area contributed by atoms with E-state index in [1.165, 1.54) is 11.8 Å². The quantitative estimate of drug-likeness (QED) is 0.534. The van der Waals surface area contributed by atoms with Crippen molar-refractivity contribution in [1.29, 1.82) is 0 Å². The van der Waals surface area contributed by atoms with E-state index < -0.39 is 0 Å². The predicted molar refractivity (Wildman–Crippen MR) is 107 cm³/mol. The van der Waals surface area contributed by atoms with Crippen molar-refractivity contribution in [3.63, 3.8) is 0 Å². The van der Waals surface area contributed by atoms with Crippen molar-refractivity contribution >= 4 is 66.2 Å². The molecule has 0 saturated heterocycles. The summed E-state index contributed by atoms with van der Waals surface area (Å²) in [6.07, 6.45) is 0. The molecule has 1 aromatic heterocycles. The zero-order valence-electron chi connectivity index (χ0n) is 13.1. The number of imidazole rings is 1. The molecule has 1 unspecified atom stereocenters. The first kappa shape index (κ1) is 17.5. The maximum Gasteiger partial charge on any atom is 0.237 e. The molecule has 1 heterocycles. The molecular formula is C17H15Br2N3OS. The third-order valence-electron chi connectivity index (χ3n) is 3.59. The number of nitrogens with zero attached hydrogens (tertiary/aromatic N) is 2. The first-order valence-corrected chi connectivity index (χ1v) is 9.76. The van der Waals surface area contributed by atoms with Gasteiger partial charge in [0.15, 0.2) is 5.16 Å². The van der Waals surface area contributed by atoms with Crippen molar-refractivity contribution in [2.45, 2.75) is 17.3 Å². The van der Waals surface area contributed by atoms with E-state index in [-0.39, 0.29) is 11.2 Å². The van der Waals surface area contributed by atoms with Gasteiger partial charge in [-0.25, -0.2) is 4.98 Å². The maximum absolute atomic E-state index is 12.5. The predicted octanol–water partition coefficient (Wildman–Crippen LogP) is 5.22. The van der Waals surface area contributed by atoms with Crippen LogP contribution in [-0.4, -0.2) is 20.7 Å². The summed E-state index contributed by atoms with van der Waals surface area (Å²) in [5.74, 6) is -0.0601. The number of nitrogens with one attached hydrogen (secondary N) is 1. The second-order valence-corrected chi connectivity index (χ2v) is 8.39. The molecule has 3 rings (SSSR count). The van der Waals surface area contributed by atoms with Gasteiger partial charge in [-0.15, -0.1) is 0 Å². The number of benzene rings is 2. The Balaban J connectivity index is 1.74. The Bertz CT molecular complexity index is 910. The number of thioether (sulfide) groups is 1. The maximum atomic E-state index is 12.5. The van der Waals surface area contributed by atoms with Crippen LogP contribution in [-0.2, 0) is 11.8 Å². The molecule has 2 aromatic carbocycles. The number of aryl methyl sites for hydroxylation is 1. The van der Waals surface area contributed by atoms with Crippen molar-refractivity contribution in [1.82, 2.24) is 9.55 Å². The van der Waals surface area contributed by atoms with E-state index in [2.05, 4.69) is 42.2 Å². The Morgan fingerprint density at radius 1 is 1.25 bits per heavy atom. The van der Waals surface area contributed by atoms with E-state index in [1.54, 1.807) is 0 Å². The van der Waals surface area contributed by atoms with Gasteiger partial charge in [0, 0.05) is 16.0 Å². The number of anilines is 1. The number of rotatable bonds is 4. The van der Waals surface area contributed by atoms with Crippen LogP contribution in [0.1, 0.15) is 6.92 Å². The molecule has 1 amide bonds. The molecule has 0 aliphatic carbocycles. The number of hydrogen-bond acceptors (Lipinski definition) is 3. The van der Waals surface area contributed by atoms with E-state index in [9.17, 15) is 4.79 Å². The summed E-state index contributed by atoms with van der Waals surface area (Å²) in [7, 11) is 1.97. The Hall–Kier alpha value is -1.31. The zero-order valence-corrected chi connectivity index (χ0v) is 17.1. The van der Waals surface area contributed by atoms with Crippen LogP contribution >= 0.6 is 43.6 Å². The van der Waals surface area contributed by atoms with Crippen molar-refractivity contribution in [2.24, 2.45) is 7.05 Å². The van der Waals surface area contributed by atoms with Crippen molar-refractivity contribution in [3.8, 4) is 0 Å². The highest BCUT2D eigenvalue weighted by atomic mass is 79.9. The topological polar surface area (TPSA) is 46.9 Å². The number of hydrogen-bond donors (Lipinski definition) is 1. The molecule has 1 atom stereocenters. The van der Waals surface area contributed by atoms with Crippen molar-refractivity contribution in [2.75, 3.05) is 5.32 Å². The standard InChI is InChI=1S/C17H15Br2N3OS/c1-10(16(23)20-13-8-7-11(18)9-12(13)19)24-17-21-14-5-3-4-6-15(14)22(17)2/h3-10H,1-2H3,(H,20,23). The lowest BCUT2D eigenvalue weighted by molar-refractivity contribution is -0.115. The fraction of sp³-hybridized carbons (Fsp3) is 0.176. The van der Waals surface area contributed by atoms with Crippen LogP contribution in [0, 0.1) is 0 Å². The molecule has 3 aromatic rings. The number of amides is 1. The van der Waals surface area contributed by atoms with E-state index in [0.29, 0.717) is 0 Å². The van der Waals surface area contributed by atoms with Gasteiger partial charge >= 0.3 is 0 Å². The van der Waals surface area contributed by atoms with Gasteiger partial charge < -0.3 is 9.88 Å². The van der Waals surface area contributed by atoms with E-state index in [0.717, 1.165) is 30.8 Å². The average molecular weight is 469 g/mol. The zero-order chi connectivity index (χ0) is 17.3. The third kappa shape index (κ3) is 3.68. The van der Waals surface area contributed by atoms with Crippen molar-refractivity contribution < 1.29 is 4.79 Å². The lowest BCUT2D eigenvalue weighted by Gasteiger charge is -2.13. The van der Waals surface area contributed by atoms with Gasteiger partial charge in [-0.2, -0.15) is 0 Å². The Morgan fingerprint density at radius 3 is 2.71 bits per heavy atom. The summed E-state index contributed by atoms with van der Waals surface area (Å²) >= 11 is 8.31. The number of halogens is 2. The summed E-state index contributed by atoms with van der Waals surface area (Å²) in [5.41, 5.74) is 2.75. The molecule has 0 fully saturated rings. The molecule has 0 spiro atoms. The van der Waals surface area contributed by atoms with Gasteiger partial charge in [0.05, 0.1) is 22.0 Å². The summed E-state index contributed by atoms with van der Waals surface area (Å²) in [6, 6.07) is 13.6. The molecule has 0 aliphatic rings. The molecule has 0 radical (unpaired) electrons. The number of fused-ring (bicyclic) bond motifs is 1. The van der Waals surface area contributed by atoms with Crippen LogP contribution in [0.25, 0.3) is 11.0 Å². The average Bonchev–Trinajstić information content (AvgIpc) is 2.86. The van der Waals surface area contributed by atoms with E-state index in [1.807, 2.05) is 61.0 Å². The van der Waals surface area contributed by atoms with Gasteiger partial charge in [-0.3, -0.25) is 4.79 Å². The Morgan fingerprint density at radius 2 is 2.00 bits per heavy atom. The SMILES string of the molecule is CC(Sc1nc2ccccc2n1C)C(=O)Nc1ccc(Br)cc1Br. The highest BCUT2D eigenvalue weighted by Gasteiger charge is 2.19. The molecule has 1 N–H and O–H groups in total. The van der Waals surface area contributed by atoms with Gasteiger partial charge in [-0.05, 0) is 53.2 Å². The second kappa shape index (κ2) is 7.29. The van der Waals surface area contributed by atoms with Crippen LogP contribution in [0.4, 0.5) is 5.69 Å². The molecule has 7 heteroatoms. The fourth-order valence-electron chi connectivity index (χ4n) is 2.27. The van der Waals surface area contributed by atoms with Gasteiger partial charge in [0.25, 0.3) is 0 Å². The number of para-hydroxylation sites is 2. The van der Waals surface area contributed by atoms with Crippen molar-refractivity contribution in [3.05, 3.63) is 51.4 Å². The monoisotopic (exact) mass is 467 g/mol. The second-order valence-electron chi connectivity index (χ2n) is 5.32. The highest BCUT2D eigenvalue weighted by Crippen LogP contribution is 2.29. The van der Waals surface area contributed by atoms with Crippen LogP contribution in [0.2, 0.25) is 0 Å². The first-order valence-electron chi connectivity index (χ1n) is 7.29. The van der Waals surface area contributed by atoms with Crippen LogP contribution in [0.3, 0.4) is 0 Å². The smallest absolute Gasteiger partial charge is 0.237 e. The van der Waals surface area contributed by atoms with Crippen LogP contribution in [0.15, 0.2) is 56.6 Å². The third-order valence-corrected chi connectivity index (χ3v) is 5.88. The van der Waals surface area contributed by atoms with E-state index >= 15 is 0 Å². The molecular weight excluding hydrogens is 454 g/mol. The molecule has 0 saturated carbocycles. The van der Waals surface area contributed by atoms with Crippen LogP contribution in [0.5, 0.6) is 0 Å². The molecule has 0 aliphatic heterocycles. The summed E-state index contributed by atoms with van der Waals surface area (Å²) < 4.78 is 3.80. The molecule has 4 nitrogen and oxygen atoms in total. The number of aromatic nitrogens is 2. The summed E-state index contributed by atoms with van der Waals surface area (Å²) in [5, 5.41) is 3.51. The largest absolute Gasteiger partial charge is 0.324 e. The normalized spacial score (nSPS) is 12.3. The molecule has 124 valence electrons. The van der Waals surface area contributed by atoms with Gasteiger partial charge in [0.1, 0.15) is 0 Å². The minimum absolute atomic E-state index is 0.0601. The summed E-state index contributed by atoms with van der Waals surface area (Å²) in [4.78, 5) is 17.1. The number of carbonyl (C=O) groups is 1. The molecule has 24 heavy (non-hydrogen) atoms. The Labute approximate surface area is 161 Å². The van der Waals surface area contributed by atoms with E-state index in [4.69, 9.17) is 0 Å². The Kier molecular flexibility index (Phi) is 5.32. The lowest BCUT2D eigenvalue weighted by atomic mass is 10.3. The first-order chi connectivity index (χ1) is 11.5. The highest BCUT2D eigenvalue weighted by molar-refractivity contribution is 9.11. The van der Waals surface area contributed by atoms with Gasteiger partial charge in [-0.1, -0.05) is 39.8 Å². The van der Waals surface area contributed by atoms with Gasteiger partial charge in [0.2, 0.25) is 5.91 Å². The van der Waals surface area contributed by atoms with Crippen LogP contribution < -0.4 is 5.32 Å². The lowest BCUT2D eigenvalue weighted by Crippen LogP contribution is -2.23. The number of carbonyl (C=O) groups excluding carboxylic acids is 1. The minimum atomic E-state index is -0.268.